The van der Waals surface area contributed by atoms with Crippen LogP contribution in [0.25, 0.3) is 0 Å². The molecule has 0 bridgehead atoms. The molecule has 2 N–H and O–H groups in total. The highest BCUT2D eigenvalue weighted by atomic mass is 16.5. The summed E-state index contributed by atoms with van der Waals surface area (Å²) in [6.45, 7) is 1.99. The summed E-state index contributed by atoms with van der Waals surface area (Å²) in [4.78, 5) is 25.3. The van der Waals surface area contributed by atoms with Crippen molar-refractivity contribution in [1.82, 2.24) is 19.9 Å². The molecule has 120 valence electrons. The standard InChI is InChI=1S/C16H19N5O2/c22-15(13-8-17-11-19-13)21-6-4-16(10-21)7-12(9-23-16)20-14-3-1-2-5-18-14/h1-3,5,8,11-12H,4,6-7,9-10H2,(H,17,19)(H,18,20). The lowest BCUT2D eigenvalue weighted by Crippen LogP contribution is -2.36. The molecule has 7 nitrogen and oxygen atoms in total. The van der Waals surface area contributed by atoms with E-state index in [1.165, 1.54) is 6.33 Å². The van der Waals surface area contributed by atoms with Gasteiger partial charge in [0.05, 0.1) is 37.3 Å². The maximum absolute atomic E-state index is 12.4. The SMILES string of the molecule is O=C(c1cnc[nH]1)N1CCC2(CC(Nc3ccccn3)CO2)C1. The minimum atomic E-state index is -0.234. The molecule has 4 rings (SSSR count). The Bertz CT molecular complexity index is 675. The predicted molar refractivity (Wildman–Crippen MR) is 84.1 cm³/mol. The van der Waals surface area contributed by atoms with Gasteiger partial charge in [0.15, 0.2) is 0 Å². The molecule has 2 aliphatic heterocycles. The second-order valence-electron chi connectivity index (χ2n) is 6.20. The number of pyridine rings is 1. The van der Waals surface area contributed by atoms with Crippen molar-refractivity contribution in [3.63, 3.8) is 0 Å². The maximum atomic E-state index is 12.4. The number of ether oxygens (including phenoxy) is 1. The van der Waals surface area contributed by atoms with Gasteiger partial charge in [-0.1, -0.05) is 6.07 Å². The van der Waals surface area contributed by atoms with E-state index in [-0.39, 0.29) is 17.6 Å². The molecular weight excluding hydrogens is 294 g/mol. The van der Waals surface area contributed by atoms with Crippen molar-refractivity contribution in [3.8, 4) is 0 Å². The number of imidazole rings is 1. The smallest absolute Gasteiger partial charge is 0.272 e. The average molecular weight is 313 g/mol. The van der Waals surface area contributed by atoms with Crippen LogP contribution in [0.2, 0.25) is 0 Å². The molecule has 23 heavy (non-hydrogen) atoms. The number of hydrogen-bond acceptors (Lipinski definition) is 5. The van der Waals surface area contributed by atoms with E-state index in [0.717, 1.165) is 18.7 Å². The molecule has 2 saturated heterocycles. The van der Waals surface area contributed by atoms with Crippen LogP contribution in [0.1, 0.15) is 23.3 Å². The lowest BCUT2D eigenvalue weighted by atomic mass is 9.97. The largest absolute Gasteiger partial charge is 0.371 e. The van der Waals surface area contributed by atoms with Crippen LogP contribution in [0, 0.1) is 0 Å². The van der Waals surface area contributed by atoms with Crippen molar-refractivity contribution < 1.29 is 9.53 Å². The number of aromatic nitrogens is 3. The Labute approximate surface area is 134 Å². The minimum Gasteiger partial charge on any atom is -0.371 e. The van der Waals surface area contributed by atoms with E-state index in [2.05, 4.69) is 20.3 Å². The topological polar surface area (TPSA) is 83.1 Å². The Kier molecular flexibility index (Phi) is 3.49. The van der Waals surface area contributed by atoms with E-state index in [9.17, 15) is 4.79 Å². The van der Waals surface area contributed by atoms with Gasteiger partial charge in [-0.25, -0.2) is 9.97 Å². The summed E-state index contributed by atoms with van der Waals surface area (Å²) < 4.78 is 6.07. The fourth-order valence-electron chi connectivity index (χ4n) is 3.44. The van der Waals surface area contributed by atoms with Gasteiger partial charge < -0.3 is 19.9 Å². The molecule has 7 heteroatoms. The van der Waals surface area contributed by atoms with Gasteiger partial charge in [0, 0.05) is 19.2 Å². The minimum absolute atomic E-state index is 0.0101. The molecule has 0 aliphatic carbocycles. The third kappa shape index (κ3) is 2.79. The predicted octanol–water partition coefficient (Wildman–Crippen LogP) is 1.29. The van der Waals surface area contributed by atoms with Crippen molar-refractivity contribution in [2.75, 3.05) is 25.0 Å². The van der Waals surface area contributed by atoms with Gasteiger partial charge in [0.2, 0.25) is 0 Å². The van der Waals surface area contributed by atoms with E-state index >= 15 is 0 Å². The lowest BCUT2D eigenvalue weighted by molar-refractivity contribution is 0.0124. The molecule has 2 aromatic rings. The number of nitrogens with zero attached hydrogens (tertiary/aromatic N) is 3. The third-order valence-corrected chi connectivity index (χ3v) is 4.56. The summed E-state index contributed by atoms with van der Waals surface area (Å²) >= 11 is 0. The van der Waals surface area contributed by atoms with Gasteiger partial charge in [0.1, 0.15) is 11.5 Å². The molecule has 0 aromatic carbocycles. The van der Waals surface area contributed by atoms with Crippen LogP contribution in [0.3, 0.4) is 0 Å². The first-order chi connectivity index (χ1) is 11.2. The van der Waals surface area contributed by atoms with Crippen LogP contribution in [0.5, 0.6) is 0 Å². The Balaban J connectivity index is 1.38. The van der Waals surface area contributed by atoms with Crippen molar-refractivity contribution in [2.24, 2.45) is 0 Å². The van der Waals surface area contributed by atoms with E-state index in [0.29, 0.717) is 25.4 Å². The summed E-state index contributed by atoms with van der Waals surface area (Å²) in [5.41, 5.74) is 0.297. The van der Waals surface area contributed by atoms with Crippen LogP contribution in [0.15, 0.2) is 36.9 Å². The van der Waals surface area contributed by atoms with E-state index < -0.39 is 0 Å². The molecule has 1 spiro atoms. The number of amides is 1. The Morgan fingerprint density at radius 1 is 1.48 bits per heavy atom. The summed E-state index contributed by atoms with van der Waals surface area (Å²) in [7, 11) is 0. The number of H-pyrrole nitrogens is 1. The Hall–Kier alpha value is -2.41. The molecular formula is C16H19N5O2. The zero-order chi connectivity index (χ0) is 15.7. The van der Waals surface area contributed by atoms with E-state index in [1.807, 2.05) is 23.1 Å². The van der Waals surface area contributed by atoms with Gasteiger partial charge in [-0.05, 0) is 18.6 Å². The molecule has 2 aromatic heterocycles. The van der Waals surface area contributed by atoms with Crippen LogP contribution in [-0.4, -0.2) is 57.1 Å². The number of anilines is 1. The summed E-state index contributed by atoms with van der Waals surface area (Å²) in [5, 5.41) is 3.41. The molecule has 4 heterocycles. The first-order valence-electron chi connectivity index (χ1n) is 7.83. The number of nitrogens with one attached hydrogen (secondary N) is 2. The monoisotopic (exact) mass is 313 g/mol. The highest BCUT2D eigenvalue weighted by Crippen LogP contribution is 2.36. The summed E-state index contributed by atoms with van der Waals surface area (Å²) in [5.74, 6) is 0.852. The number of aromatic amines is 1. The fraction of sp³-hybridized carbons (Fsp3) is 0.438. The van der Waals surface area contributed by atoms with Crippen molar-refractivity contribution in [3.05, 3.63) is 42.6 Å². The van der Waals surface area contributed by atoms with Gasteiger partial charge >= 0.3 is 0 Å². The molecule has 2 aliphatic rings. The first-order valence-corrected chi connectivity index (χ1v) is 7.83. The zero-order valence-electron chi connectivity index (χ0n) is 12.7. The van der Waals surface area contributed by atoms with E-state index in [4.69, 9.17) is 4.74 Å². The maximum Gasteiger partial charge on any atom is 0.272 e. The van der Waals surface area contributed by atoms with Gasteiger partial charge in [0.25, 0.3) is 5.91 Å². The molecule has 2 fully saturated rings. The van der Waals surface area contributed by atoms with Crippen LogP contribution < -0.4 is 5.32 Å². The summed E-state index contributed by atoms with van der Waals surface area (Å²) in [6.07, 6.45) is 6.62. The van der Waals surface area contributed by atoms with Crippen molar-refractivity contribution >= 4 is 11.7 Å². The third-order valence-electron chi connectivity index (χ3n) is 4.56. The number of carbonyl (C=O) groups excluding carboxylic acids is 1. The van der Waals surface area contributed by atoms with Crippen LogP contribution in [-0.2, 0) is 4.74 Å². The van der Waals surface area contributed by atoms with Crippen LogP contribution >= 0.6 is 0 Å². The molecule has 1 amide bonds. The number of rotatable bonds is 3. The fourth-order valence-corrected chi connectivity index (χ4v) is 3.44. The van der Waals surface area contributed by atoms with Gasteiger partial charge in [-0.15, -0.1) is 0 Å². The molecule has 0 radical (unpaired) electrons. The van der Waals surface area contributed by atoms with Crippen molar-refractivity contribution in [1.29, 1.82) is 0 Å². The summed E-state index contributed by atoms with van der Waals surface area (Å²) in [6, 6.07) is 6.04. The second kappa shape index (κ2) is 5.66. The number of hydrogen-bond donors (Lipinski definition) is 2. The zero-order valence-corrected chi connectivity index (χ0v) is 12.7. The van der Waals surface area contributed by atoms with Crippen molar-refractivity contribution in [2.45, 2.75) is 24.5 Å². The highest BCUT2D eigenvalue weighted by Gasteiger charge is 2.47. The second-order valence-corrected chi connectivity index (χ2v) is 6.20. The molecule has 0 saturated carbocycles. The highest BCUT2D eigenvalue weighted by molar-refractivity contribution is 5.92. The normalized spacial score (nSPS) is 26.8. The lowest BCUT2D eigenvalue weighted by Gasteiger charge is -2.23. The molecule has 2 atom stereocenters. The van der Waals surface area contributed by atoms with E-state index in [1.54, 1.807) is 12.4 Å². The van der Waals surface area contributed by atoms with Gasteiger partial charge in [-0.2, -0.15) is 0 Å². The Morgan fingerprint density at radius 2 is 2.43 bits per heavy atom. The Morgan fingerprint density at radius 3 is 3.22 bits per heavy atom. The number of carbonyl (C=O) groups is 1. The number of likely N-dealkylation sites (tertiary alicyclic amines) is 1. The molecule has 2 unspecified atom stereocenters. The quantitative estimate of drug-likeness (QED) is 0.892. The first kappa shape index (κ1) is 14.2. The van der Waals surface area contributed by atoms with Gasteiger partial charge in [-0.3, -0.25) is 4.79 Å². The van der Waals surface area contributed by atoms with Crippen LogP contribution in [0.4, 0.5) is 5.82 Å². The average Bonchev–Trinajstić information content (AvgIpc) is 3.31.